The molecule has 2 N–H and O–H groups in total. The fraction of sp³-hybridized carbons (Fsp3) is 0. The highest BCUT2D eigenvalue weighted by Gasteiger charge is 2.09. The Morgan fingerprint density at radius 3 is 1.56 bits per heavy atom. The molecule has 0 heterocycles. The lowest BCUT2D eigenvalue weighted by molar-refractivity contribution is 0.380. The van der Waals surface area contributed by atoms with Gasteiger partial charge in [-0.05, 0) is 24.3 Å². The molecule has 18 heavy (non-hydrogen) atoms. The first kappa shape index (κ1) is 12.3. The molecular weight excluding hydrogens is 255 g/mol. The van der Waals surface area contributed by atoms with E-state index >= 15 is 0 Å². The summed E-state index contributed by atoms with van der Waals surface area (Å²) in [5.41, 5.74) is 0. The van der Waals surface area contributed by atoms with Crippen molar-refractivity contribution in [2.45, 2.75) is 0 Å². The summed E-state index contributed by atoms with van der Waals surface area (Å²) in [5, 5.41) is 18.9. The topological polar surface area (TPSA) is 76.0 Å². The monoisotopic (exact) mass is 266 g/mol. The number of hydrogen-bond donors (Lipinski definition) is 2. The summed E-state index contributed by atoms with van der Waals surface area (Å²) in [5.74, 6) is -0.123. The molecular formula is C12H11O5P. The molecule has 5 nitrogen and oxygen atoms in total. The Bertz CT molecular complexity index is 520. The molecule has 94 valence electrons. The quantitative estimate of drug-likeness (QED) is 0.832. The number of aromatic hydroxyl groups is 2. The van der Waals surface area contributed by atoms with Crippen molar-refractivity contribution in [3.8, 4) is 23.0 Å². The Balaban J connectivity index is 2.06. The molecule has 0 radical (unpaired) electrons. The van der Waals surface area contributed by atoms with Crippen molar-refractivity contribution >= 4 is 8.25 Å². The van der Waals surface area contributed by atoms with Gasteiger partial charge in [0.05, 0.1) is 0 Å². The maximum absolute atomic E-state index is 11.6. The van der Waals surface area contributed by atoms with E-state index in [9.17, 15) is 14.8 Å². The number of para-hydroxylation sites is 4. The molecule has 0 amide bonds. The smallest absolute Gasteiger partial charge is 0.419 e. The van der Waals surface area contributed by atoms with Gasteiger partial charge in [0, 0.05) is 0 Å². The summed E-state index contributed by atoms with van der Waals surface area (Å²) in [6.07, 6.45) is 0. The van der Waals surface area contributed by atoms with Crippen molar-refractivity contribution in [2.24, 2.45) is 0 Å². The van der Waals surface area contributed by atoms with Gasteiger partial charge in [-0.2, -0.15) is 0 Å². The lowest BCUT2D eigenvalue weighted by Gasteiger charge is -2.09. The van der Waals surface area contributed by atoms with Gasteiger partial charge < -0.3 is 19.3 Å². The summed E-state index contributed by atoms with van der Waals surface area (Å²) < 4.78 is 21.5. The highest BCUT2D eigenvalue weighted by Crippen LogP contribution is 2.37. The number of phenols is 2. The second-order valence-electron chi connectivity index (χ2n) is 3.39. The van der Waals surface area contributed by atoms with Gasteiger partial charge in [0.1, 0.15) is 0 Å². The highest BCUT2D eigenvalue weighted by atomic mass is 31.1. The fourth-order valence-corrected chi connectivity index (χ4v) is 2.03. The van der Waals surface area contributed by atoms with Crippen LogP contribution < -0.4 is 9.05 Å². The Morgan fingerprint density at radius 2 is 1.17 bits per heavy atom. The van der Waals surface area contributed by atoms with Gasteiger partial charge in [-0.1, -0.05) is 24.3 Å². The van der Waals surface area contributed by atoms with E-state index in [4.69, 9.17) is 9.05 Å². The molecule has 0 saturated heterocycles. The molecule has 0 spiro atoms. The predicted octanol–water partition coefficient (Wildman–Crippen LogP) is 2.95. The summed E-state index contributed by atoms with van der Waals surface area (Å²) in [7, 11) is -2.91. The van der Waals surface area contributed by atoms with Crippen LogP contribution in [-0.2, 0) is 4.57 Å². The third-order valence-corrected chi connectivity index (χ3v) is 2.89. The molecule has 0 unspecified atom stereocenters. The van der Waals surface area contributed by atoms with Crippen LogP contribution in [0.3, 0.4) is 0 Å². The number of rotatable bonds is 4. The minimum atomic E-state index is -2.91. The average Bonchev–Trinajstić information content (AvgIpc) is 2.35. The molecule has 0 aliphatic rings. The van der Waals surface area contributed by atoms with Crippen LogP contribution >= 0.6 is 8.25 Å². The van der Waals surface area contributed by atoms with Gasteiger partial charge in [-0.25, -0.2) is 4.57 Å². The Morgan fingerprint density at radius 1 is 0.778 bits per heavy atom. The van der Waals surface area contributed by atoms with Crippen LogP contribution in [0.1, 0.15) is 0 Å². The first-order chi connectivity index (χ1) is 8.66. The third-order valence-electron chi connectivity index (χ3n) is 2.12. The maximum atomic E-state index is 11.6. The standard InChI is InChI=1S/C12H11O5P/c13-9-5-1-3-7-11(9)16-18(15)17-12-8-4-2-6-10(12)14/h1-8,13-14,18H. The number of hydrogen-bond acceptors (Lipinski definition) is 5. The van der Waals surface area contributed by atoms with Crippen molar-refractivity contribution in [1.82, 2.24) is 0 Å². The molecule has 0 atom stereocenters. The number of phenolic OH excluding ortho intramolecular Hbond substituents is 2. The normalized spacial score (nSPS) is 10.3. The zero-order valence-corrected chi connectivity index (χ0v) is 10.2. The molecule has 0 aromatic heterocycles. The van der Waals surface area contributed by atoms with Crippen molar-refractivity contribution in [3.63, 3.8) is 0 Å². The SMILES string of the molecule is O=[PH](Oc1ccccc1O)Oc1ccccc1O. The Hall–Kier alpha value is -2.13. The lowest BCUT2D eigenvalue weighted by Crippen LogP contribution is -1.89. The molecule has 0 bridgehead atoms. The van der Waals surface area contributed by atoms with E-state index in [0.717, 1.165) is 0 Å². The van der Waals surface area contributed by atoms with Gasteiger partial charge in [0.15, 0.2) is 23.0 Å². The van der Waals surface area contributed by atoms with Gasteiger partial charge >= 0.3 is 8.25 Å². The van der Waals surface area contributed by atoms with E-state index in [1.807, 2.05) is 0 Å². The molecule has 2 aromatic carbocycles. The first-order valence-corrected chi connectivity index (χ1v) is 6.35. The Kier molecular flexibility index (Phi) is 3.75. The second kappa shape index (κ2) is 5.47. The second-order valence-corrected chi connectivity index (χ2v) is 4.30. The minimum Gasteiger partial charge on any atom is -0.504 e. The number of benzene rings is 2. The van der Waals surface area contributed by atoms with Crippen LogP contribution in [0.15, 0.2) is 48.5 Å². The molecule has 6 heteroatoms. The minimum absolute atomic E-state index is 0.0665. The maximum Gasteiger partial charge on any atom is 0.419 e. The van der Waals surface area contributed by atoms with Crippen molar-refractivity contribution in [2.75, 3.05) is 0 Å². The summed E-state index contributed by atoms with van der Waals surface area (Å²) in [4.78, 5) is 0. The van der Waals surface area contributed by atoms with E-state index in [1.165, 1.54) is 24.3 Å². The average molecular weight is 266 g/mol. The van der Waals surface area contributed by atoms with E-state index < -0.39 is 8.25 Å². The largest absolute Gasteiger partial charge is 0.504 e. The van der Waals surface area contributed by atoms with Gasteiger partial charge in [0.25, 0.3) is 0 Å². The van der Waals surface area contributed by atoms with Gasteiger partial charge in [-0.15, -0.1) is 0 Å². The van der Waals surface area contributed by atoms with Gasteiger partial charge in [-0.3, -0.25) is 0 Å². The van der Waals surface area contributed by atoms with Gasteiger partial charge in [0.2, 0.25) is 0 Å². The summed E-state index contributed by atoms with van der Waals surface area (Å²) >= 11 is 0. The molecule has 0 aliphatic heterocycles. The molecule has 2 aromatic rings. The van der Waals surface area contributed by atoms with E-state index in [2.05, 4.69) is 0 Å². The van der Waals surface area contributed by atoms with Crippen LogP contribution in [0.25, 0.3) is 0 Å². The van der Waals surface area contributed by atoms with E-state index in [-0.39, 0.29) is 23.0 Å². The van der Waals surface area contributed by atoms with Crippen LogP contribution in [0.5, 0.6) is 23.0 Å². The zero-order chi connectivity index (χ0) is 13.0. The van der Waals surface area contributed by atoms with Crippen molar-refractivity contribution < 1.29 is 23.8 Å². The van der Waals surface area contributed by atoms with Crippen molar-refractivity contribution in [3.05, 3.63) is 48.5 Å². The molecule has 0 saturated carbocycles. The summed E-state index contributed by atoms with van der Waals surface area (Å²) in [6, 6.07) is 12.2. The lowest BCUT2D eigenvalue weighted by atomic mass is 10.3. The van der Waals surface area contributed by atoms with E-state index in [1.54, 1.807) is 24.3 Å². The zero-order valence-electron chi connectivity index (χ0n) is 9.24. The Labute approximate surface area is 104 Å². The fourth-order valence-electron chi connectivity index (χ4n) is 1.29. The van der Waals surface area contributed by atoms with Crippen LogP contribution in [0, 0.1) is 0 Å². The predicted molar refractivity (Wildman–Crippen MR) is 66.5 cm³/mol. The third kappa shape index (κ3) is 2.96. The van der Waals surface area contributed by atoms with Crippen molar-refractivity contribution in [1.29, 1.82) is 0 Å². The molecule has 0 aliphatic carbocycles. The molecule has 2 rings (SSSR count). The highest BCUT2D eigenvalue weighted by molar-refractivity contribution is 7.34. The first-order valence-electron chi connectivity index (χ1n) is 5.12. The summed E-state index contributed by atoms with van der Waals surface area (Å²) in [6.45, 7) is 0. The van der Waals surface area contributed by atoms with Crippen LogP contribution in [0.2, 0.25) is 0 Å². The van der Waals surface area contributed by atoms with Crippen LogP contribution in [-0.4, -0.2) is 10.2 Å². The van der Waals surface area contributed by atoms with E-state index in [0.29, 0.717) is 0 Å². The van der Waals surface area contributed by atoms with Crippen LogP contribution in [0.4, 0.5) is 0 Å². The molecule has 0 fully saturated rings.